The van der Waals surface area contributed by atoms with Gasteiger partial charge in [0.05, 0.1) is 11.1 Å². The van der Waals surface area contributed by atoms with Crippen LogP contribution in [0.4, 0.5) is 5.69 Å². The molecule has 0 aliphatic carbocycles. The van der Waals surface area contributed by atoms with Crippen LogP contribution in [0.5, 0.6) is 0 Å². The molecule has 0 saturated carbocycles. The summed E-state index contributed by atoms with van der Waals surface area (Å²) in [7, 11) is -3.96. The lowest BCUT2D eigenvalue weighted by Crippen LogP contribution is -2.27. The second-order valence-electron chi connectivity index (χ2n) is 7.22. The number of rotatable bonds is 6. The maximum absolute atomic E-state index is 12.8. The fraction of sp³-hybridized carbons (Fsp3) is 0.174. The van der Waals surface area contributed by atoms with Crippen molar-refractivity contribution >= 4 is 33.2 Å². The van der Waals surface area contributed by atoms with Crippen molar-refractivity contribution in [3.63, 3.8) is 0 Å². The first kappa shape index (κ1) is 21.9. The molecule has 1 amide bonds. The molecule has 2 N–H and O–H groups in total. The van der Waals surface area contributed by atoms with Crippen molar-refractivity contribution in [3.8, 4) is 0 Å². The lowest BCUT2D eigenvalue weighted by atomic mass is 10.1. The molecule has 0 spiro atoms. The molecule has 1 atom stereocenters. The summed E-state index contributed by atoms with van der Waals surface area (Å²) in [4.78, 5) is 12.6. The first-order valence-electron chi connectivity index (χ1n) is 9.42. The molecule has 0 aromatic heterocycles. The normalized spacial score (nSPS) is 12.3. The van der Waals surface area contributed by atoms with E-state index in [1.54, 1.807) is 24.3 Å². The van der Waals surface area contributed by atoms with E-state index in [9.17, 15) is 13.2 Å². The van der Waals surface area contributed by atoms with E-state index in [-0.39, 0.29) is 27.4 Å². The number of benzene rings is 3. The molecule has 0 heterocycles. The third-order valence-electron chi connectivity index (χ3n) is 4.71. The molecule has 0 fully saturated rings. The Morgan fingerprint density at radius 1 is 0.900 bits per heavy atom. The van der Waals surface area contributed by atoms with Gasteiger partial charge in [0.2, 0.25) is 0 Å². The topological polar surface area (TPSA) is 75.3 Å². The van der Waals surface area contributed by atoms with Gasteiger partial charge in [-0.15, -0.1) is 0 Å². The van der Waals surface area contributed by atoms with E-state index >= 15 is 0 Å². The predicted molar refractivity (Wildman–Crippen MR) is 120 cm³/mol. The second kappa shape index (κ2) is 8.90. The Balaban J connectivity index is 1.82. The molecule has 3 aromatic rings. The summed E-state index contributed by atoms with van der Waals surface area (Å²) in [5, 5.41) is 2.93. The van der Waals surface area contributed by atoms with E-state index in [0.717, 1.165) is 16.7 Å². The number of amides is 1. The highest BCUT2D eigenvalue weighted by Crippen LogP contribution is 2.26. The summed E-state index contributed by atoms with van der Waals surface area (Å²) in [6.45, 7) is 5.78. The molecule has 0 unspecified atom stereocenters. The summed E-state index contributed by atoms with van der Waals surface area (Å²) in [5.74, 6) is -0.383. The van der Waals surface area contributed by atoms with Gasteiger partial charge in [-0.25, -0.2) is 8.42 Å². The summed E-state index contributed by atoms with van der Waals surface area (Å²) >= 11 is 6.14. The van der Waals surface area contributed by atoms with Gasteiger partial charge in [-0.2, -0.15) is 0 Å². The van der Waals surface area contributed by atoms with Gasteiger partial charge in [0, 0.05) is 11.3 Å². The second-order valence-corrected chi connectivity index (χ2v) is 9.28. The SMILES string of the molecule is Cc1ccc(NS(=O)(=O)c2cc(C(=O)N[C@@H](C)c3ccc(C)cc3)ccc2Cl)cc1. The van der Waals surface area contributed by atoms with Crippen molar-refractivity contribution < 1.29 is 13.2 Å². The molecule has 0 saturated heterocycles. The number of sulfonamides is 1. The maximum atomic E-state index is 12.8. The van der Waals surface area contributed by atoms with Crippen LogP contribution in [-0.2, 0) is 10.0 Å². The highest BCUT2D eigenvalue weighted by atomic mass is 35.5. The Labute approximate surface area is 182 Å². The van der Waals surface area contributed by atoms with E-state index < -0.39 is 10.0 Å². The van der Waals surface area contributed by atoms with Gasteiger partial charge < -0.3 is 5.32 Å². The van der Waals surface area contributed by atoms with E-state index in [0.29, 0.717) is 5.69 Å². The molecule has 3 aromatic carbocycles. The van der Waals surface area contributed by atoms with Crippen molar-refractivity contribution in [1.82, 2.24) is 5.32 Å². The third-order valence-corrected chi connectivity index (χ3v) is 6.57. The van der Waals surface area contributed by atoms with Crippen LogP contribution in [0, 0.1) is 13.8 Å². The highest BCUT2D eigenvalue weighted by molar-refractivity contribution is 7.92. The monoisotopic (exact) mass is 442 g/mol. The number of nitrogens with one attached hydrogen (secondary N) is 2. The van der Waals surface area contributed by atoms with Gasteiger partial charge in [-0.3, -0.25) is 9.52 Å². The maximum Gasteiger partial charge on any atom is 0.263 e. The molecule has 7 heteroatoms. The zero-order valence-corrected chi connectivity index (χ0v) is 18.5. The van der Waals surface area contributed by atoms with Crippen LogP contribution < -0.4 is 10.0 Å². The molecule has 0 bridgehead atoms. The standard InChI is InChI=1S/C23H23ClN2O3S/c1-15-4-8-18(9-5-15)17(3)25-23(27)19-10-13-21(24)22(14-19)30(28,29)26-20-11-6-16(2)7-12-20/h4-14,17,26H,1-3H3,(H,25,27)/t17-/m0/s1. The van der Waals surface area contributed by atoms with Crippen molar-refractivity contribution in [2.45, 2.75) is 31.7 Å². The van der Waals surface area contributed by atoms with Gasteiger partial charge in [-0.05, 0) is 56.7 Å². The quantitative estimate of drug-likeness (QED) is 0.547. The third kappa shape index (κ3) is 5.20. The van der Waals surface area contributed by atoms with Gasteiger partial charge in [0.15, 0.2) is 0 Å². The van der Waals surface area contributed by atoms with Crippen LogP contribution in [-0.4, -0.2) is 14.3 Å². The van der Waals surface area contributed by atoms with Crippen LogP contribution in [0.3, 0.4) is 0 Å². The number of halogens is 1. The number of carbonyl (C=O) groups excluding carboxylic acids is 1. The molecule has 30 heavy (non-hydrogen) atoms. The zero-order chi connectivity index (χ0) is 21.9. The molecular weight excluding hydrogens is 420 g/mol. The molecular formula is C23H23ClN2O3S. The fourth-order valence-corrected chi connectivity index (χ4v) is 4.49. The van der Waals surface area contributed by atoms with E-state index in [1.807, 2.05) is 45.0 Å². The fourth-order valence-electron chi connectivity index (χ4n) is 2.90. The smallest absolute Gasteiger partial charge is 0.263 e. The summed E-state index contributed by atoms with van der Waals surface area (Å²) in [6.07, 6.45) is 0. The molecule has 156 valence electrons. The average molecular weight is 443 g/mol. The molecule has 5 nitrogen and oxygen atoms in total. The van der Waals surface area contributed by atoms with Gasteiger partial charge in [0.1, 0.15) is 4.90 Å². The zero-order valence-electron chi connectivity index (χ0n) is 16.9. The lowest BCUT2D eigenvalue weighted by molar-refractivity contribution is 0.0939. The van der Waals surface area contributed by atoms with Crippen molar-refractivity contribution in [2.24, 2.45) is 0 Å². The average Bonchev–Trinajstić information content (AvgIpc) is 2.70. The Bertz CT molecular complexity index is 1160. The van der Waals surface area contributed by atoms with Crippen LogP contribution in [0.2, 0.25) is 5.02 Å². The first-order chi connectivity index (χ1) is 14.2. The van der Waals surface area contributed by atoms with E-state index in [2.05, 4.69) is 10.0 Å². The van der Waals surface area contributed by atoms with Crippen molar-refractivity contribution in [1.29, 1.82) is 0 Å². The largest absolute Gasteiger partial charge is 0.346 e. The number of anilines is 1. The van der Waals surface area contributed by atoms with Gasteiger partial charge in [0.25, 0.3) is 15.9 Å². The van der Waals surface area contributed by atoms with Crippen molar-refractivity contribution in [2.75, 3.05) is 4.72 Å². The van der Waals surface area contributed by atoms with Crippen LogP contribution in [0.15, 0.2) is 71.6 Å². The Hall–Kier alpha value is -2.83. The summed E-state index contributed by atoms with van der Waals surface area (Å²) < 4.78 is 28.2. The van der Waals surface area contributed by atoms with Crippen LogP contribution in [0.1, 0.15) is 40.0 Å². The van der Waals surface area contributed by atoms with Crippen LogP contribution >= 0.6 is 11.6 Å². The van der Waals surface area contributed by atoms with E-state index in [4.69, 9.17) is 11.6 Å². The Morgan fingerprint density at radius 2 is 1.47 bits per heavy atom. The Morgan fingerprint density at radius 3 is 2.07 bits per heavy atom. The minimum absolute atomic E-state index is 0.0396. The summed E-state index contributed by atoms with van der Waals surface area (Å²) in [5.41, 5.74) is 3.72. The number of hydrogen-bond acceptors (Lipinski definition) is 3. The van der Waals surface area contributed by atoms with Gasteiger partial charge in [-0.1, -0.05) is 59.1 Å². The number of aryl methyl sites for hydroxylation is 2. The lowest BCUT2D eigenvalue weighted by Gasteiger charge is -2.16. The molecule has 0 radical (unpaired) electrons. The minimum Gasteiger partial charge on any atom is -0.346 e. The molecule has 3 rings (SSSR count). The molecule has 0 aliphatic heterocycles. The van der Waals surface area contributed by atoms with Gasteiger partial charge >= 0.3 is 0 Å². The summed E-state index contributed by atoms with van der Waals surface area (Å²) in [6, 6.07) is 18.7. The molecule has 0 aliphatic rings. The number of carbonyl (C=O) groups is 1. The Kier molecular flexibility index (Phi) is 6.48. The van der Waals surface area contributed by atoms with Crippen LogP contribution in [0.25, 0.3) is 0 Å². The van der Waals surface area contributed by atoms with Crippen molar-refractivity contribution in [3.05, 3.63) is 94.0 Å². The highest BCUT2D eigenvalue weighted by Gasteiger charge is 2.21. The minimum atomic E-state index is -3.96. The first-order valence-corrected chi connectivity index (χ1v) is 11.3. The predicted octanol–water partition coefficient (Wildman–Crippen LogP) is 5.25. The van der Waals surface area contributed by atoms with E-state index in [1.165, 1.54) is 18.2 Å². The number of hydrogen-bond donors (Lipinski definition) is 2.